The highest BCUT2D eigenvalue weighted by atomic mass is 16.5. The Labute approximate surface area is 114 Å². The zero-order valence-electron chi connectivity index (χ0n) is 11.0. The van der Waals surface area contributed by atoms with Crippen LogP contribution in [-0.4, -0.2) is 18.9 Å². The number of hydrogen-bond acceptors (Lipinski definition) is 2. The minimum atomic E-state index is 0.149. The van der Waals surface area contributed by atoms with Crippen molar-refractivity contribution >= 4 is 0 Å². The molecule has 2 heteroatoms. The summed E-state index contributed by atoms with van der Waals surface area (Å²) in [7, 11) is 0. The number of hydrogen-bond donors (Lipinski definition) is 1. The second-order valence-corrected chi connectivity index (χ2v) is 5.07. The van der Waals surface area contributed by atoms with Gasteiger partial charge in [0.15, 0.2) is 0 Å². The smallest absolute Gasteiger partial charge is 0.112 e. The summed E-state index contributed by atoms with van der Waals surface area (Å²) in [5.74, 6) is 0. The first-order valence-electron chi connectivity index (χ1n) is 6.85. The minimum absolute atomic E-state index is 0.149. The molecule has 0 radical (unpaired) electrons. The number of rotatable bonds is 4. The van der Waals surface area contributed by atoms with E-state index in [9.17, 15) is 0 Å². The van der Waals surface area contributed by atoms with Gasteiger partial charge in [0.05, 0.1) is 6.61 Å². The molecular formula is C17H19NO. The molecule has 3 rings (SSSR count). The van der Waals surface area contributed by atoms with E-state index in [2.05, 4.69) is 59.9 Å². The van der Waals surface area contributed by atoms with Crippen molar-refractivity contribution in [2.45, 2.75) is 25.1 Å². The SMILES string of the molecule is c1ccc(C[C@H]2CO[C@H](Cc3ccccc3)N2)cc1. The van der Waals surface area contributed by atoms with Gasteiger partial charge in [0.1, 0.15) is 6.23 Å². The molecule has 98 valence electrons. The molecule has 0 saturated carbocycles. The van der Waals surface area contributed by atoms with E-state index in [0.29, 0.717) is 6.04 Å². The average molecular weight is 253 g/mol. The summed E-state index contributed by atoms with van der Waals surface area (Å²) in [6.45, 7) is 0.798. The maximum atomic E-state index is 5.83. The third kappa shape index (κ3) is 3.43. The second-order valence-electron chi connectivity index (χ2n) is 5.07. The third-order valence-corrected chi connectivity index (χ3v) is 3.51. The van der Waals surface area contributed by atoms with Crippen LogP contribution in [-0.2, 0) is 17.6 Å². The number of nitrogens with one attached hydrogen (secondary N) is 1. The van der Waals surface area contributed by atoms with Crippen LogP contribution in [0.2, 0.25) is 0 Å². The van der Waals surface area contributed by atoms with Gasteiger partial charge in [-0.1, -0.05) is 60.7 Å². The first kappa shape index (κ1) is 12.4. The Bertz CT molecular complexity index is 450. The van der Waals surface area contributed by atoms with Crippen LogP contribution in [0.1, 0.15) is 11.1 Å². The van der Waals surface area contributed by atoms with E-state index in [1.54, 1.807) is 0 Å². The van der Waals surface area contributed by atoms with E-state index in [-0.39, 0.29) is 6.23 Å². The lowest BCUT2D eigenvalue weighted by Crippen LogP contribution is -2.33. The summed E-state index contributed by atoms with van der Waals surface area (Å²) in [4.78, 5) is 0. The topological polar surface area (TPSA) is 21.3 Å². The van der Waals surface area contributed by atoms with E-state index in [4.69, 9.17) is 4.74 Å². The minimum Gasteiger partial charge on any atom is -0.361 e. The van der Waals surface area contributed by atoms with E-state index < -0.39 is 0 Å². The van der Waals surface area contributed by atoms with Gasteiger partial charge in [-0.25, -0.2) is 0 Å². The lowest BCUT2D eigenvalue weighted by molar-refractivity contribution is 0.100. The van der Waals surface area contributed by atoms with Crippen LogP contribution in [0, 0.1) is 0 Å². The molecule has 0 aliphatic carbocycles. The zero-order chi connectivity index (χ0) is 12.9. The van der Waals surface area contributed by atoms with Crippen LogP contribution >= 0.6 is 0 Å². The molecule has 2 atom stereocenters. The zero-order valence-corrected chi connectivity index (χ0v) is 11.0. The molecular weight excluding hydrogens is 234 g/mol. The predicted octanol–water partition coefficient (Wildman–Crippen LogP) is 2.79. The van der Waals surface area contributed by atoms with Gasteiger partial charge < -0.3 is 4.74 Å². The largest absolute Gasteiger partial charge is 0.361 e. The van der Waals surface area contributed by atoms with E-state index in [0.717, 1.165) is 19.4 Å². The number of benzene rings is 2. The Morgan fingerprint density at radius 1 is 0.842 bits per heavy atom. The Hall–Kier alpha value is -1.64. The van der Waals surface area contributed by atoms with Crippen molar-refractivity contribution in [1.29, 1.82) is 0 Å². The van der Waals surface area contributed by atoms with Crippen LogP contribution in [0.5, 0.6) is 0 Å². The average Bonchev–Trinajstić information content (AvgIpc) is 2.88. The predicted molar refractivity (Wildman–Crippen MR) is 77.0 cm³/mol. The van der Waals surface area contributed by atoms with E-state index >= 15 is 0 Å². The fourth-order valence-electron chi connectivity index (χ4n) is 2.55. The van der Waals surface area contributed by atoms with Crippen molar-refractivity contribution in [3.05, 3.63) is 71.8 Å². The van der Waals surface area contributed by atoms with Gasteiger partial charge >= 0.3 is 0 Å². The normalized spacial score (nSPS) is 22.5. The molecule has 1 saturated heterocycles. The van der Waals surface area contributed by atoms with Crippen molar-refractivity contribution < 1.29 is 4.74 Å². The molecule has 2 aromatic rings. The molecule has 0 bridgehead atoms. The Balaban J connectivity index is 1.53. The van der Waals surface area contributed by atoms with Gasteiger partial charge in [-0.2, -0.15) is 0 Å². The molecule has 2 nitrogen and oxygen atoms in total. The summed E-state index contributed by atoms with van der Waals surface area (Å²) < 4.78 is 5.83. The van der Waals surface area contributed by atoms with Crippen molar-refractivity contribution in [1.82, 2.24) is 5.32 Å². The standard InChI is InChI=1S/C17H19NO/c1-3-7-14(8-4-1)11-16-13-19-17(18-16)12-15-9-5-2-6-10-15/h1-10,16-18H,11-13H2/t16-,17+/m0/s1. The van der Waals surface area contributed by atoms with Crippen LogP contribution in [0.4, 0.5) is 0 Å². The molecule has 0 spiro atoms. The van der Waals surface area contributed by atoms with Crippen LogP contribution in [0.3, 0.4) is 0 Å². The van der Waals surface area contributed by atoms with Crippen molar-refractivity contribution in [2.24, 2.45) is 0 Å². The molecule has 1 heterocycles. The molecule has 2 aromatic carbocycles. The summed E-state index contributed by atoms with van der Waals surface area (Å²) in [6, 6.07) is 21.5. The van der Waals surface area contributed by atoms with Crippen molar-refractivity contribution in [3.8, 4) is 0 Å². The van der Waals surface area contributed by atoms with Gasteiger partial charge in [0, 0.05) is 12.5 Å². The molecule has 0 unspecified atom stereocenters. The monoisotopic (exact) mass is 253 g/mol. The first-order valence-corrected chi connectivity index (χ1v) is 6.85. The maximum absolute atomic E-state index is 5.83. The maximum Gasteiger partial charge on any atom is 0.112 e. The van der Waals surface area contributed by atoms with Gasteiger partial charge in [0.2, 0.25) is 0 Å². The van der Waals surface area contributed by atoms with Gasteiger partial charge in [-0.3, -0.25) is 5.32 Å². The Morgan fingerprint density at radius 3 is 2.05 bits per heavy atom. The third-order valence-electron chi connectivity index (χ3n) is 3.51. The second kappa shape index (κ2) is 6.00. The highest BCUT2D eigenvalue weighted by Crippen LogP contribution is 2.13. The summed E-state index contributed by atoms with van der Waals surface area (Å²) >= 11 is 0. The molecule has 1 aliphatic rings. The van der Waals surface area contributed by atoms with Crippen LogP contribution in [0.25, 0.3) is 0 Å². The molecule has 19 heavy (non-hydrogen) atoms. The lowest BCUT2D eigenvalue weighted by atomic mass is 10.1. The Kier molecular flexibility index (Phi) is 3.92. The van der Waals surface area contributed by atoms with Gasteiger partial charge in [-0.15, -0.1) is 0 Å². The van der Waals surface area contributed by atoms with Gasteiger partial charge in [0.25, 0.3) is 0 Å². The van der Waals surface area contributed by atoms with Crippen molar-refractivity contribution in [2.75, 3.05) is 6.61 Å². The fraction of sp³-hybridized carbons (Fsp3) is 0.294. The highest BCUT2D eigenvalue weighted by Gasteiger charge is 2.24. The van der Waals surface area contributed by atoms with Crippen molar-refractivity contribution in [3.63, 3.8) is 0 Å². The van der Waals surface area contributed by atoms with E-state index in [1.165, 1.54) is 11.1 Å². The molecule has 0 aromatic heterocycles. The van der Waals surface area contributed by atoms with Crippen LogP contribution < -0.4 is 5.32 Å². The summed E-state index contributed by atoms with van der Waals surface area (Å²) in [5, 5.41) is 3.57. The summed E-state index contributed by atoms with van der Waals surface area (Å²) in [6.07, 6.45) is 2.12. The number of ether oxygens (including phenoxy) is 1. The fourth-order valence-corrected chi connectivity index (χ4v) is 2.55. The molecule has 0 amide bonds. The summed E-state index contributed by atoms with van der Waals surface area (Å²) in [5.41, 5.74) is 2.68. The first-order chi connectivity index (χ1) is 9.40. The molecule has 1 N–H and O–H groups in total. The van der Waals surface area contributed by atoms with Gasteiger partial charge in [-0.05, 0) is 17.5 Å². The van der Waals surface area contributed by atoms with E-state index in [1.807, 2.05) is 6.07 Å². The van der Waals surface area contributed by atoms with Crippen LogP contribution in [0.15, 0.2) is 60.7 Å². The quantitative estimate of drug-likeness (QED) is 0.904. The molecule has 1 aliphatic heterocycles. The molecule has 1 fully saturated rings. The lowest BCUT2D eigenvalue weighted by Gasteiger charge is -2.12. The highest BCUT2D eigenvalue weighted by molar-refractivity contribution is 5.17. The Morgan fingerprint density at radius 2 is 1.42 bits per heavy atom.